The summed E-state index contributed by atoms with van der Waals surface area (Å²) in [4.78, 5) is 25.6. The Morgan fingerprint density at radius 1 is 0.935 bits per heavy atom. The number of methoxy groups -OCH3 is 1. The molecule has 1 amide bonds. The Labute approximate surface area is 179 Å². The number of aryl methyl sites for hydroxylation is 5. The van der Waals surface area contributed by atoms with Crippen molar-refractivity contribution in [2.45, 2.75) is 41.0 Å². The fourth-order valence-corrected chi connectivity index (χ4v) is 3.97. The summed E-state index contributed by atoms with van der Waals surface area (Å²) in [7, 11) is 1.55. The number of hydrogen-bond acceptors (Lipinski definition) is 5. The maximum absolute atomic E-state index is 12.8. The normalized spacial score (nSPS) is 11.3. The average Bonchev–Trinajstić information content (AvgIpc) is 3.01. The largest absolute Gasteiger partial charge is 0.495 e. The molecule has 0 unspecified atom stereocenters. The van der Waals surface area contributed by atoms with Crippen LogP contribution in [0.5, 0.6) is 5.75 Å². The monoisotopic (exact) mass is 419 g/mol. The molecule has 0 fully saturated rings. The summed E-state index contributed by atoms with van der Waals surface area (Å²) in [6.07, 6.45) is -0.0956. The number of furan rings is 1. The van der Waals surface area contributed by atoms with Crippen LogP contribution in [-0.4, -0.2) is 13.0 Å². The first-order valence-electron chi connectivity index (χ1n) is 10.1. The number of fused-ring (bicyclic) bond motifs is 2. The quantitative estimate of drug-likeness (QED) is 0.456. The van der Waals surface area contributed by atoms with Crippen LogP contribution in [0.2, 0.25) is 0 Å². The van der Waals surface area contributed by atoms with Gasteiger partial charge in [0.25, 0.3) is 0 Å². The molecule has 0 aliphatic carbocycles. The van der Waals surface area contributed by atoms with Crippen molar-refractivity contribution in [2.24, 2.45) is 0 Å². The Hall–Kier alpha value is -3.54. The van der Waals surface area contributed by atoms with Gasteiger partial charge in [0.05, 0.1) is 24.8 Å². The maximum atomic E-state index is 12.8. The van der Waals surface area contributed by atoms with E-state index in [0.29, 0.717) is 22.6 Å². The van der Waals surface area contributed by atoms with E-state index in [4.69, 9.17) is 13.6 Å². The molecule has 0 spiro atoms. The lowest BCUT2D eigenvalue weighted by molar-refractivity contribution is -0.115. The molecule has 6 nitrogen and oxygen atoms in total. The zero-order valence-electron chi connectivity index (χ0n) is 18.6. The van der Waals surface area contributed by atoms with Crippen LogP contribution in [0.1, 0.15) is 33.6 Å². The van der Waals surface area contributed by atoms with Gasteiger partial charge in [-0.15, -0.1) is 0 Å². The molecule has 160 valence electrons. The van der Waals surface area contributed by atoms with Crippen molar-refractivity contribution >= 4 is 33.5 Å². The Morgan fingerprint density at radius 2 is 1.61 bits per heavy atom. The van der Waals surface area contributed by atoms with Crippen molar-refractivity contribution in [2.75, 3.05) is 12.4 Å². The Kier molecular flexibility index (Phi) is 5.09. The first-order valence-corrected chi connectivity index (χ1v) is 10.1. The third kappa shape index (κ3) is 3.48. The summed E-state index contributed by atoms with van der Waals surface area (Å²) < 4.78 is 16.8. The molecule has 0 radical (unpaired) electrons. The lowest BCUT2D eigenvalue weighted by atomic mass is 9.98. The smallest absolute Gasteiger partial charge is 0.340 e. The van der Waals surface area contributed by atoms with Crippen LogP contribution in [0.3, 0.4) is 0 Å². The minimum absolute atomic E-state index is 0.0956. The molecule has 0 bridgehead atoms. The zero-order chi connectivity index (χ0) is 22.4. The van der Waals surface area contributed by atoms with Crippen LogP contribution in [0.4, 0.5) is 5.69 Å². The fourth-order valence-electron chi connectivity index (χ4n) is 3.97. The molecule has 2 aromatic heterocycles. The van der Waals surface area contributed by atoms with Gasteiger partial charge in [-0.3, -0.25) is 4.79 Å². The highest BCUT2D eigenvalue weighted by atomic mass is 16.5. The second kappa shape index (κ2) is 7.61. The van der Waals surface area contributed by atoms with Crippen LogP contribution < -0.4 is 15.7 Å². The van der Waals surface area contributed by atoms with Gasteiger partial charge in [-0.1, -0.05) is 6.07 Å². The first-order chi connectivity index (χ1) is 14.7. The Balaban J connectivity index is 1.77. The van der Waals surface area contributed by atoms with Crippen molar-refractivity contribution in [1.82, 2.24) is 0 Å². The summed E-state index contributed by atoms with van der Waals surface area (Å²) in [5.74, 6) is 1.08. The number of anilines is 1. The number of carbonyl (C=O) groups is 1. The first kappa shape index (κ1) is 20.7. The predicted octanol–water partition coefficient (Wildman–Crippen LogP) is 5.27. The SMILES string of the molecule is COc1ccc(C)cc1NC(=O)Cc1c(C)c2cc3c(C)c(C)oc3c(C)c2oc1=O. The topological polar surface area (TPSA) is 81.7 Å². The summed E-state index contributed by atoms with van der Waals surface area (Å²) in [6.45, 7) is 9.58. The van der Waals surface area contributed by atoms with Crippen molar-refractivity contribution in [3.05, 3.63) is 68.3 Å². The van der Waals surface area contributed by atoms with E-state index in [0.717, 1.165) is 44.4 Å². The van der Waals surface area contributed by atoms with E-state index in [-0.39, 0.29) is 12.3 Å². The van der Waals surface area contributed by atoms with E-state index in [1.807, 2.05) is 52.8 Å². The van der Waals surface area contributed by atoms with Gasteiger partial charge < -0.3 is 18.9 Å². The number of amides is 1. The van der Waals surface area contributed by atoms with Crippen LogP contribution in [-0.2, 0) is 11.2 Å². The molecule has 0 saturated heterocycles. The standard InChI is InChI=1S/C25H25NO5/c1-12-7-8-21(29-6)20(9-12)26-22(27)11-19-14(3)18-10-17-13(2)16(5)30-23(17)15(4)24(18)31-25(19)28/h7-10H,11H2,1-6H3,(H,26,27). The lowest BCUT2D eigenvalue weighted by Crippen LogP contribution is -2.21. The summed E-state index contributed by atoms with van der Waals surface area (Å²) in [5, 5.41) is 4.64. The van der Waals surface area contributed by atoms with Crippen molar-refractivity contribution in [3.8, 4) is 5.75 Å². The van der Waals surface area contributed by atoms with E-state index < -0.39 is 5.63 Å². The molecule has 4 aromatic rings. The van der Waals surface area contributed by atoms with Crippen molar-refractivity contribution in [1.29, 1.82) is 0 Å². The second-order valence-electron chi connectivity index (χ2n) is 7.96. The van der Waals surface area contributed by atoms with E-state index in [1.165, 1.54) is 0 Å². The van der Waals surface area contributed by atoms with Crippen LogP contribution >= 0.6 is 0 Å². The highest BCUT2D eigenvalue weighted by molar-refractivity contribution is 6.01. The number of rotatable bonds is 4. The minimum atomic E-state index is -0.515. The summed E-state index contributed by atoms with van der Waals surface area (Å²) in [6, 6.07) is 7.51. The van der Waals surface area contributed by atoms with Gasteiger partial charge in [0.15, 0.2) is 0 Å². The third-order valence-corrected chi connectivity index (χ3v) is 5.91. The van der Waals surface area contributed by atoms with E-state index >= 15 is 0 Å². The maximum Gasteiger partial charge on any atom is 0.340 e. The summed E-state index contributed by atoms with van der Waals surface area (Å²) >= 11 is 0. The molecule has 1 N–H and O–H groups in total. The number of nitrogens with one attached hydrogen (secondary N) is 1. The molecule has 4 rings (SSSR count). The minimum Gasteiger partial charge on any atom is -0.495 e. The second-order valence-corrected chi connectivity index (χ2v) is 7.96. The number of ether oxygens (including phenoxy) is 1. The highest BCUT2D eigenvalue weighted by Crippen LogP contribution is 2.34. The molecular weight excluding hydrogens is 394 g/mol. The van der Waals surface area contributed by atoms with Gasteiger partial charge in [0, 0.05) is 16.3 Å². The Bertz CT molecular complexity index is 1410. The molecule has 2 heterocycles. The molecule has 31 heavy (non-hydrogen) atoms. The molecular formula is C25H25NO5. The van der Waals surface area contributed by atoms with Gasteiger partial charge in [-0.2, -0.15) is 0 Å². The number of benzene rings is 2. The van der Waals surface area contributed by atoms with Gasteiger partial charge in [0.1, 0.15) is 22.7 Å². The Morgan fingerprint density at radius 3 is 2.32 bits per heavy atom. The van der Waals surface area contributed by atoms with E-state index in [2.05, 4.69) is 5.32 Å². The van der Waals surface area contributed by atoms with Gasteiger partial charge in [-0.05, 0) is 69.5 Å². The molecule has 6 heteroatoms. The highest BCUT2D eigenvalue weighted by Gasteiger charge is 2.20. The molecule has 0 aliphatic rings. The lowest BCUT2D eigenvalue weighted by Gasteiger charge is -2.12. The molecule has 0 atom stereocenters. The zero-order valence-corrected chi connectivity index (χ0v) is 18.6. The molecule has 0 aliphatic heterocycles. The summed E-state index contributed by atoms with van der Waals surface area (Å²) in [5.41, 5.74) is 5.17. The van der Waals surface area contributed by atoms with Crippen LogP contribution in [0.15, 0.2) is 37.9 Å². The van der Waals surface area contributed by atoms with Gasteiger partial charge in [0.2, 0.25) is 5.91 Å². The van der Waals surface area contributed by atoms with Crippen molar-refractivity contribution < 1.29 is 18.4 Å². The third-order valence-electron chi connectivity index (χ3n) is 5.91. The van der Waals surface area contributed by atoms with E-state index in [9.17, 15) is 9.59 Å². The average molecular weight is 419 g/mol. The fraction of sp³-hybridized carbons (Fsp3) is 0.280. The molecule has 2 aromatic carbocycles. The predicted molar refractivity (Wildman–Crippen MR) is 121 cm³/mol. The number of hydrogen-bond donors (Lipinski definition) is 1. The molecule has 0 saturated carbocycles. The van der Waals surface area contributed by atoms with Crippen molar-refractivity contribution in [3.63, 3.8) is 0 Å². The van der Waals surface area contributed by atoms with Crippen LogP contribution in [0, 0.1) is 34.6 Å². The van der Waals surface area contributed by atoms with Gasteiger partial charge in [-0.25, -0.2) is 4.79 Å². The number of carbonyl (C=O) groups excluding carboxylic acids is 1. The van der Waals surface area contributed by atoms with Gasteiger partial charge >= 0.3 is 5.63 Å². The van der Waals surface area contributed by atoms with Crippen LogP contribution in [0.25, 0.3) is 21.9 Å². The van der Waals surface area contributed by atoms with E-state index in [1.54, 1.807) is 13.2 Å².